The van der Waals surface area contributed by atoms with Crippen molar-refractivity contribution < 1.29 is 4.79 Å². The Morgan fingerprint density at radius 2 is 1.90 bits per heavy atom. The van der Waals surface area contributed by atoms with Gasteiger partial charge in [0.25, 0.3) is 0 Å². The topological polar surface area (TPSA) is 17.1 Å². The average molecular weight is 288 g/mol. The van der Waals surface area contributed by atoms with Gasteiger partial charge in [-0.2, -0.15) is 0 Å². The predicted molar refractivity (Wildman–Crippen MR) is 90.3 cm³/mol. The summed E-state index contributed by atoms with van der Waals surface area (Å²) in [7, 11) is 0. The second kappa shape index (κ2) is 7.42. The second-order valence-electron chi connectivity index (χ2n) is 6.95. The molecular weight excluding hydrogens is 256 g/mol. The number of hydrogen-bond acceptors (Lipinski definition) is 1. The fourth-order valence-corrected chi connectivity index (χ4v) is 4.54. The summed E-state index contributed by atoms with van der Waals surface area (Å²) in [5, 5.41) is 0. The molecular formula is C20H32O. The maximum Gasteiger partial charge on any atom is 0.150 e. The minimum absolute atomic E-state index is 0.161. The van der Waals surface area contributed by atoms with Gasteiger partial charge in [0.15, 0.2) is 0 Å². The first-order valence-electron chi connectivity index (χ1n) is 9.08. The molecule has 0 aromatic rings. The number of allylic oxidation sites excluding steroid dienone is 3. The first kappa shape index (κ1) is 16.5. The Balaban J connectivity index is 2.35. The monoisotopic (exact) mass is 288 g/mol. The van der Waals surface area contributed by atoms with E-state index in [0.29, 0.717) is 5.78 Å². The highest BCUT2D eigenvalue weighted by atomic mass is 16.1. The summed E-state index contributed by atoms with van der Waals surface area (Å²) in [6.45, 7) is 8.42. The quantitative estimate of drug-likeness (QED) is 0.501. The normalized spacial score (nSPS) is 28.9. The Hall–Kier alpha value is -0.850. The van der Waals surface area contributed by atoms with E-state index < -0.39 is 0 Å². The molecule has 0 unspecified atom stereocenters. The summed E-state index contributed by atoms with van der Waals surface area (Å²) >= 11 is 0. The Morgan fingerprint density at radius 1 is 1.19 bits per heavy atom. The van der Waals surface area contributed by atoms with Crippen molar-refractivity contribution in [3.8, 4) is 0 Å². The van der Waals surface area contributed by atoms with Gasteiger partial charge in [-0.15, -0.1) is 6.58 Å². The van der Waals surface area contributed by atoms with Crippen LogP contribution in [-0.4, -0.2) is 5.78 Å². The molecule has 1 nitrogen and oxygen atoms in total. The molecule has 118 valence electrons. The molecule has 0 saturated heterocycles. The van der Waals surface area contributed by atoms with Crippen molar-refractivity contribution in [1.82, 2.24) is 0 Å². The minimum atomic E-state index is -0.161. The lowest BCUT2D eigenvalue weighted by molar-refractivity contribution is -0.128. The van der Waals surface area contributed by atoms with Crippen LogP contribution < -0.4 is 0 Å². The molecule has 2 rings (SSSR count). The third-order valence-corrected chi connectivity index (χ3v) is 5.59. The van der Waals surface area contributed by atoms with Crippen LogP contribution in [0.4, 0.5) is 0 Å². The van der Waals surface area contributed by atoms with Crippen LogP contribution in [0.5, 0.6) is 0 Å². The minimum Gasteiger partial charge on any atom is -0.298 e. The van der Waals surface area contributed by atoms with E-state index in [2.05, 4.69) is 20.4 Å². The van der Waals surface area contributed by atoms with Crippen molar-refractivity contribution in [3.63, 3.8) is 0 Å². The van der Waals surface area contributed by atoms with Crippen LogP contribution in [-0.2, 0) is 4.79 Å². The van der Waals surface area contributed by atoms with Gasteiger partial charge < -0.3 is 0 Å². The van der Waals surface area contributed by atoms with Gasteiger partial charge in [0.2, 0.25) is 0 Å². The first-order valence-corrected chi connectivity index (χ1v) is 9.08. The predicted octanol–water partition coefficient (Wildman–Crippen LogP) is 6.00. The maximum atomic E-state index is 13.3. The van der Waals surface area contributed by atoms with E-state index >= 15 is 0 Å². The van der Waals surface area contributed by atoms with Crippen LogP contribution in [0.2, 0.25) is 0 Å². The van der Waals surface area contributed by atoms with Crippen LogP contribution in [0, 0.1) is 11.3 Å². The Kier molecular flexibility index (Phi) is 5.84. The van der Waals surface area contributed by atoms with E-state index in [9.17, 15) is 4.79 Å². The molecule has 2 atom stereocenters. The van der Waals surface area contributed by atoms with Gasteiger partial charge in [-0.25, -0.2) is 0 Å². The lowest BCUT2D eigenvalue weighted by Gasteiger charge is -2.32. The second-order valence-corrected chi connectivity index (χ2v) is 6.95. The van der Waals surface area contributed by atoms with E-state index in [0.717, 1.165) is 25.7 Å². The van der Waals surface area contributed by atoms with Crippen LogP contribution in [0.25, 0.3) is 0 Å². The molecule has 2 aliphatic rings. The Morgan fingerprint density at radius 3 is 2.57 bits per heavy atom. The molecule has 0 spiro atoms. The van der Waals surface area contributed by atoms with Gasteiger partial charge in [0.1, 0.15) is 5.78 Å². The van der Waals surface area contributed by atoms with E-state index in [1.54, 1.807) is 11.1 Å². The summed E-state index contributed by atoms with van der Waals surface area (Å²) in [6.07, 6.45) is 14.6. The van der Waals surface area contributed by atoms with E-state index in [-0.39, 0.29) is 11.3 Å². The van der Waals surface area contributed by atoms with Crippen LogP contribution >= 0.6 is 0 Å². The van der Waals surface area contributed by atoms with Gasteiger partial charge in [-0.3, -0.25) is 4.79 Å². The summed E-state index contributed by atoms with van der Waals surface area (Å²) in [6, 6.07) is 0. The third kappa shape index (κ3) is 3.03. The molecule has 2 aliphatic carbocycles. The lowest BCUT2D eigenvalue weighted by atomic mass is 9.70. The number of unbranched alkanes of at least 4 members (excludes halogenated alkanes) is 2. The molecule has 0 aliphatic heterocycles. The highest BCUT2D eigenvalue weighted by Gasteiger charge is 2.51. The lowest BCUT2D eigenvalue weighted by Crippen LogP contribution is -2.32. The largest absolute Gasteiger partial charge is 0.298 e. The molecule has 0 heterocycles. The van der Waals surface area contributed by atoms with Crippen molar-refractivity contribution in [1.29, 1.82) is 0 Å². The van der Waals surface area contributed by atoms with Crippen LogP contribution in [0.3, 0.4) is 0 Å². The number of ketones is 1. The van der Waals surface area contributed by atoms with Gasteiger partial charge in [-0.05, 0) is 44.9 Å². The average Bonchev–Trinajstić information content (AvgIpc) is 2.73. The van der Waals surface area contributed by atoms with Crippen molar-refractivity contribution in [2.75, 3.05) is 0 Å². The number of carbonyl (C=O) groups is 1. The Labute approximate surface area is 130 Å². The zero-order valence-corrected chi connectivity index (χ0v) is 14.0. The molecule has 0 aromatic heterocycles. The highest BCUT2D eigenvalue weighted by molar-refractivity contribution is 5.96. The summed E-state index contributed by atoms with van der Waals surface area (Å²) in [5.74, 6) is 0.799. The number of Topliss-reactive ketones (excluding diaryl/α,β-unsaturated/α-hetero) is 1. The number of hydrogen-bond donors (Lipinski definition) is 0. The van der Waals surface area contributed by atoms with Crippen molar-refractivity contribution >= 4 is 5.78 Å². The molecule has 21 heavy (non-hydrogen) atoms. The molecule has 0 N–H and O–H groups in total. The summed E-state index contributed by atoms with van der Waals surface area (Å²) < 4.78 is 0. The van der Waals surface area contributed by atoms with E-state index in [1.807, 2.05) is 6.08 Å². The van der Waals surface area contributed by atoms with Gasteiger partial charge in [0.05, 0.1) is 5.41 Å². The maximum absolute atomic E-state index is 13.3. The number of carbonyl (C=O) groups excluding carboxylic acids is 1. The summed E-state index contributed by atoms with van der Waals surface area (Å²) in [5.41, 5.74) is 2.94. The Bertz CT molecular complexity index is 418. The number of rotatable bonds is 8. The zero-order chi connectivity index (χ0) is 15.3. The molecule has 1 heteroatoms. The van der Waals surface area contributed by atoms with Crippen molar-refractivity contribution in [2.45, 2.75) is 84.5 Å². The standard InChI is InChI=1S/C20H32O/c1-4-7-11-17-16-12-9-10-13-18(16)20(14-6-3,19(17)21)15-8-5-2/h6,17H,3-5,7-15H2,1-2H3/t17-,20+/m1/s1. The van der Waals surface area contributed by atoms with Gasteiger partial charge in [-0.1, -0.05) is 56.8 Å². The van der Waals surface area contributed by atoms with Crippen LogP contribution in [0.1, 0.15) is 84.5 Å². The molecule has 0 bridgehead atoms. The van der Waals surface area contributed by atoms with Gasteiger partial charge in [0, 0.05) is 5.92 Å². The van der Waals surface area contributed by atoms with E-state index in [1.165, 1.54) is 44.9 Å². The summed E-state index contributed by atoms with van der Waals surface area (Å²) in [4.78, 5) is 13.3. The van der Waals surface area contributed by atoms with E-state index in [4.69, 9.17) is 0 Å². The molecule has 0 saturated carbocycles. The first-order chi connectivity index (χ1) is 10.2. The molecule has 0 amide bonds. The smallest absolute Gasteiger partial charge is 0.150 e. The fourth-order valence-electron chi connectivity index (χ4n) is 4.54. The molecule has 0 aromatic carbocycles. The fraction of sp³-hybridized carbons (Fsp3) is 0.750. The van der Waals surface area contributed by atoms with Crippen molar-refractivity contribution in [2.24, 2.45) is 11.3 Å². The van der Waals surface area contributed by atoms with Gasteiger partial charge >= 0.3 is 0 Å². The SMILES string of the molecule is C=CC[C@@]1(CCCC)C(=O)[C@H](CCCC)C2=C1CCCC2. The van der Waals surface area contributed by atoms with Crippen molar-refractivity contribution in [3.05, 3.63) is 23.8 Å². The highest BCUT2D eigenvalue weighted by Crippen LogP contribution is 2.55. The zero-order valence-electron chi connectivity index (χ0n) is 14.0. The van der Waals surface area contributed by atoms with Crippen LogP contribution in [0.15, 0.2) is 23.8 Å². The third-order valence-electron chi connectivity index (χ3n) is 5.59. The molecule has 0 radical (unpaired) electrons. The molecule has 0 fully saturated rings.